The number of rotatable bonds is 5. The lowest BCUT2D eigenvalue weighted by atomic mass is 9.82. The molecule has 2 saturated carbocycles. The van der Waals surface area contributed by atoms with Crippen molar-refractivity contribution in [2.45, 2.75) is 70.8 Å². The summed E-state index contributed by atoms with van der Waals surface area (Å²) < 4.78 is 5.86. The van der Waals surface area contributed by atoms with Gasteiger partial charge in [0.05, 0.1) is 11.6 Å². The number of hydrogen-bond donors (Lipinski definition) is 2. The Morgan fingerprint density at radius 3 is 2.57 bits per heavy atom. The van der Waals surface area contributed by atoms with E-state index in [-0.39, 0.29) is 11.5 Å². The Morgan fingerprint density at radius 2 is 1.90 bits per heavy atom. The maximum atomic E-state index is 9.42. The van der Waals surface area contributed by atoms with Crippen molar-refractivity contribution >= 4 is 16.9 Å². The zero-order valence-electron chi connectivity index (χ0n) is 18.2. The van der Waals surface area contributed by atoms with Crippen molar-refractivity contribution in [1.82, 2.24) is 15.2 Å². The molecule has 5 rings (SSSR count). The van der Waals surface area contributed by atoms with Gasteiger partial charge >= 0.3 is 6.01 Å². The van der Waals surface area contributed by atoms with E-state index >= 15 is 0 Å². The maximum Gasteiger partial charge on any atom is 0.315 e. The third kappa shape index (κ3) is 3.69. The molecule has 0 spiro atoms. The number of aromatic nitrogens is 3. The molecule has 0 atom stereocenters. The van der Waals surface area contributed by atoms with Gasteiger partial charge in [-0.05, 0) is 78.7 Å². The fourth-order valence-corrected chi connectivity index (χ4v) is 4.34. The van der Waals surface area contributed by atoms with Crippen LogP contribution in [0, 0.1) is 12.8 Å². The van der Waals surface area contributed by atoms with Gasteiger partial charge in [-0.2, -0.15) is 0 Å². The van der Waals surface area contributed by atoms with Crippen LogP contribution in [0.3, 0.4) is 0 Å². The molecule has 0 saturated heterocycles. The lowest BCUT2D eigenvalue weighted by Crippen LogP contribution is -2.33. The molecule has 6 nitrogen and oxygen atoms in total. The van der Waals surface area contributed by atoms with Crippen LogP contribution in [0.4, 0.5) is 6.01 Å². The third-order valence-electron chi connectivity index (χ3n) is 6.40. The van der Waals surface area contributed by atoms with Crippen molar-refractivity contribution in [2.24, 2.45) is 5.92 Å². The number of anilines is 1. The first-order valence-electron chi connectivity index (χ1n) is 11.0. The lowest BCUT2D eigenvalue weighted by Gasteiger charge is -2.30. The number of nitrogens with zero attached hydrogens (tertiary/aromatic N) is 3. The summed E-state index contributed by atoms with van der Waals surface area (Å²) in [6.45, 7) is 9.60. The summed E-state index contributed by atoms with van der Waals surface area (Å²) in [5, 5.41) is 22.2. The van der Waals surface area contributed by atoms with Gasteiger partial charge in [0.1, 0.15) is 5.69 Å². The van der Waals surface area contributed by atoms with E-state index in [2.05, 4.69) is 55.3 Å². The molecule has 0 unspecified atom stereocenters. The van der Waals surface area contributed by atoms with E-state index in [0.717, 1.165) is 24.9 Å². The standard InChI is InChI=1S/C24H30N4O2/c1-13-7-20(22-27-28-23(30-22)25-12-14-8-17(29)9-14)26-21-18(13)10-16(15-5-6-15)11-19(21)24(2,3)4/h7,10-11,14-15,17,29H,5-6,8-9,12H2,1-4H3,(H,25,28)/t14-,17-. The van der Waals surface area contributed by atoms with Crippen molar-refractivity contribution in [2.75, 3.05) is 11.9 Å². The van der Waals surface area contributed by atoms with Crippen LogP contribution in [0.2, 0.25) is 0 Å². The molecule has 3 aromatic rings. The zero-order chi connectivity index (χ0) is 21.0. The predicted octanol–water partition coefficient (Wildman–Crippen LogP) is 4.95. The summed E-state index contributed by atoms with van der Waals surface area (Å²) in [6.07, 6.45) is 4.08. The second-order valence-corrected chi connectivity index (χ2v) is 10.1. The van der Waals surface area contributed by atoms with E-state index in [1.165, 1.54) is 34.9 Å². The molecule has 1 aromatic carbocycles. The summed E-state index contributed by atoms with van der Waals surface area (Å²) in [5.74, 6) is 1.60. The number of fused-ring (bicyclic) bond motifs is 1. The Morgan fingerprint density at radius 1 is 1.13 bits per heavy atom. The van der Waals surface area contributed by atoms with E-state index in [1.54, 1.807) is 0 Å². The van der Waals surface area contributed by atoms with Gasteiger partial charge in [0.25, 0.3) is 5.89 Å². The van der Waals surface area contributed by atoms with Gasteiger partial charge in [-0.15, -0.1) is 5.10 Å². The second kappa shape index (κ2) is 7.05. The number of benzene rings is 1. The van der Waals surface area contributed by atoms with Crippen LogP contribution < -0.4 is 5.32 Å². The Balaban J connectivity index is 1.49. The van der Waals surface area contributed by atoms with Crippen molar-refractivity contribution in [3.05, 3.63) is 34.9 Å². The molecule has 0 radical (unpaired) electrons. The van der Waals surface area contributed by atoms with E-state index in [4.69, 9.17) is 9.40 Å². The number of hydrogen-bond acceptors (Lipinski definition) is 6. The molecule has 2 N–H and O–H groups in total. The predicted molar refractivity (Wildman–Crippen MR) is 118 cm³/mol. The SMILES string of the molecule is Cc1cc(-c2nnc(NC[C@H]3C[C@H](O)C3)o2)nc2c(C(C)(C)C)cc(C3CC3)cc12. The highest BCUT2D eigenvalue weighted by Gasteiger charge is 2.29. The second-order valence-electron chi connectivity index (χ2n) is 10.1. The van der Waals surface area contributed by atoms with Gasteiger partial charge in [-0.1, -0.05) is 31.9 Å². The summed E-state index contributed by atoms with van der Waals surface area (Å²) >= 11 is 0. The Hall–Kier alpha value is -2.47. The molecular weight excluding hydrogens is 376 g/mol. The summed E-state index contributed by atoms with van der Waals surface area (Å²) in [5.41, 5.74) is 5.63. The fraction of sp³-hybridized carbons (Fsp3) is 0.542. The first-order valence-corrected chi connectivity index (χ1v) is 11.0. The van der Waals surface area contributed by atoms with Crippen LogP contribution in [0.5, 0.6) is 0 Å². The van der Waals surface area contributed by atoms with Crippen molar-refractivity contribution in [1.29, 1.82) is 0 Å². The summed E-state index contributed by atoms with van der Waals surface area (Å²) in [4.78, 5) is 4.98. The van der Waals surface area contributed by atoms with Crippen LogP contribution >= 0.6 is 0 Å². The van der Waals surface area contributed by atoms with Gasteiger partial charge in [0.15, 0.2) is 0 Å². The first kappa shape index (κ1) is 19.5. The first-order chi connectivity index (χ1) is 14.3. The largest absolute Gasteiger partial charge is 0.402 e. The molecule has 2 aliphatic rings. The molecule has 2 fully saturated rings. The van der Waals surface area contributed by atoms with E-state index in [0.29, 0.717) is 29.4 Å². The van der Waals surface area contributed by atoms with Crippen LogP contribution in [-0.4, -0.2) is 32.9 Å². The van der Waals surface area contributed by atoms with E-state index in [9.17, 15) is 5.11 Å². The molecule has 2 aliphatic carbocycles. The van der Waals surface area contributed by atoms with Crippen LogP contribution in [0.25, 0.3) is 22.5 Å². The molecule has 158 valence electrons. The number of aryl methyl sites for hydroxylation is 1. The minimum absolute atomic E-state index is 0.00386. The Labute approximate surface area is 177 Å². The molecular formula is C24H30N4O2. The molecule has 6 heteroatoms. The smallest absolute Gasteiger partial charge is 0.315 e. The van der Waals surface area contributed by atoms with Crippen LogP contribution in [0.1, 0.15) is 69.1 Å². The molecule has 2 heterocycles. The summed E-state index contributed by atoms with van der Waals surface area (Å²) in [7, 11) is 0. The average molecular weight is 407 g/mol. The van der Waals surface area contributed by atoms with E-state index < -0.39 is 0 Å². The molecule has 0 aliphatic heterocycles. The fourth-order valence-electron chi connectivity index (χ4n) is 4.34. The molecule has 0 bridgehead atoms. The third-order valence-corrected chi connectivity index (χ3v) is 6.40. The quantitative estimate of drug-likeness (QED) is 0.624. The van der Waals surface area contributed by atoms with Gasteiger partial charge in [0, 0.05) is 11.9 Å². The van der Waals surface area contributed by atoms with Crippen molar-refractivity contribution in [3.8, 4) is 11.6 Å². The number of nitrogens with one attached hydrogen (secondary N) is 1. The highest BCUT2D eigenvalue weighted by atomic mass is 16.4. The van der Waals surface area contributed by atoms with Crippen LogP contribution in [-0.2, 0) is 5.41 Å². The monoisotopic (exact) mass is 406 g/mol. The van der Waals surface area contributed by atoms with Crippen LogP contribution in [0.15, 0.2) is 22.6 Å². The minimum atomic E-state index is -0.155. The highest BCUT2D eigenvalue weighted by molar-refractivity contribution is 5.88. The maximum absolute atomic E-state index is 9.42. The lowest BCUT2D eigenvalue weighted by molar-refractivity contribution is 0.0485. The number of aliphatic hydroxyl groups excluding tert-OH is 1. The van der Waals surface area contributed by atoms with Crippen molar-refractivity contribution in [3.63, 3.8) is 0 Å². The van der Waals surface area contributed by atoms with Gasteiger partial charge < -0.3 is 14.8 Å². The average Bonchev–Trinajstić information content (AvgIpc) is 3.41. The highest BCUT2D eigenvalue weighted by Crippen LogP contribution is 2.44. The molecule has 30 heavy (non-hydrogen) atoms. The van der Waals surface area contributed by atoms with E-state index in [1.807, 2.05) is 6.07 Å². The molecule has 0 amide bonds. The zero-order valence-corrected chi connectivity index (χ0v) is 18.2. The minimum Gasteiger partial charge on any atom is -0.402 e. The Kier molecular flexibility index (Phi) is 4.58. The number of pyridine rings is 1. The Bertz CT molecular complexity index is 1090. The topological polar surface area (TPSA) is 84.1 Å². The molecule has 2 aromatic heterocycles. The number of aliphatic hydroxyl groups is 1. The van der Waals surface area contributed by atoms with Gasteiger partial charge in [-0.3, -0.25) is 0 Å². The van der Waals surface area contributed by atoms with Crippen molar-refractivity contribution < 1.29 is 9.52 Å². The summed E-state index contributed by atoms with van der Waals surface area (Å²) in [6, 6.07) is 7.13. The van der Waals surface area contributed by atoms with Gasteiger partial charge in [0.2, 0.25) is 0 Å². The van der Waals surface area contributed by atoms with Gasteiger partial charge in [-0.25, -0.2) is 4.98 Å². The normalized spacial score (nSPS) is 21.6.